The largest absolute Gasteiger partial charge is 0.376 e. The van der Waals surface area contributed by atoms with Gasteiger partial charge in [-0.05, 0) is 36.2 Å². The molecule has 5 nitrogen and oxygen atoms in total. The van der Waals surface area contributed by atoms with Gasteiger partial charge in [-0.25, -0.2) is 0 Å². The molecule has 0 saturated heterocycles. The summed E-state index contributed by atoms with van der Waals surface area (Å²) in [5, 5.41) is 13.8. The maximum atomic E-state index is 10.7. The third-order valence-electron chi connectivity index (χ3n) is 2.73. The summed E-state index contributed by atoms with van der Waals surface area (Å²) < 4.78 is 0. The van der Waals surface area contributed by atoms with Crippen LogP contribution in [0.25, 0.3) is 0 Å². The molecular formula is C10H11N3O2S. The highest BCUT2D eigenvalue weighted by Gasteiger charge is 2.24. The zero-order valence-corrected chi connectivity index (χ0v) is 9.29. The average Bonchev–Trinajstić information content (AvgIpc) is 2.60. The Morgan fingerprint density at radius 3 is 3.00 bits per heavy atom. The number of thiocarbonyl (C=S) groups is 1. The van der Waals surface area contributed by atoms with Gasteiger partial charge in [-0.3, -0.25) is 10.1 Å². The number of nitrogens with one attached hydrogen (secondary N) is 1. The van der Waals surface area contributed by atoms with Crippen molar-refractivity contribution in [2.75, 3.05) is 0 Å². The molecule has 84 valence electrons. The lowest BCUT2D eigenvalue weighted by molar-refractivity contribution is -0.384. The van der Waals surface area contributed by atoms with Crippen LogP contribution in [0.15, 0.2) is 18.2 Å². The van der Waals surface area contributed by atoms with Crippen LogP contribution in [0.3, 0.4) is 0 Å². The van der Waals surface area contributed by atoms with Crippen molar-refractivity contribution in [2.45, 2.75) is 18.9 Å². The Bertz CT molecular complexity index is 461. The molecule has 0 bridgehead atoms. The first-order valence-electron chi connectivity index (χ1n) is 4.91. The summed E-state index contributed by atoms with van der Waals surface area (Å²) in [6.07, 6.45) is 1.77. The molecule has 0 aromatic heterocycles. The van der Waals surface area contributed by atoms with Crippen molar-refractivity contribution in [1.29, 1.82) is 0 Å². The lowest BCUT2D eigenvalue weighted by Crippen LogP contribution is -2.31. The fraction of sp³-hybridized carbons (Fsp3) is 0.300. The highest BCUT2D eigenvalue weighted by molar-refractivity contribution is 7.80. The second-order valence-corrected chi connectivity index (χ2v) is 4.18. The molecule has 0 spiro atoms. The van der Waals surface area contributed by atoms with Crippen LogP contribution in [0.2, 0.25) is 0 Å². The Labute approximate surface area is 97.8 Å². The topological polar surface area (TPSA) is 81.2 Å². The molecule has 2 rings (SSSR count). The molecule has 0 amide bonds. The summed E-state index contributed by atoms with van der Waals surface area (Å²) in [7, 11) is 0. The van der Waals surface area contributed by atoms with Gasteiger partial charge in [-0.2, -0.15) is 0 Å². The van der Waals surface area contributed by atoms with E-state index in [1.807, 2.05) is 0 Å². The van der Waals surface area contributed by atoms with E-state index < -0.39 is 4.92 Å². The molecule has 3 N–H and O–H groups in total. The predicted octanol–water partition coefficient (Wildman–Crippen LogP) is 1.42. The number of fused-ring (bicyclic) bond motifs is 1. The van der Waals surface area contributed by atoms with Crippen molar-refractivity contribution in [1.82, 2.24) is 5.32 Å². The highest BCUT2D eigenvalue weighted by Crippen LogP contribution is 2.33. The molecule has 1 atom stereocenters. The molecule has 0 saturated carbocycles. The molecule has 1 aliphatic rings. The van der Waals surface area contributed by atoms with E-state index in [4.69, 9.17) is 18.0 Å². The molecule has 1 aromatic rings. The van der Waals surface area contributed by atoms with Crippen molar-refractivity contribution >= 4 is 23.0 Å². The predicted molar refractivity (Wildman–Crippen MR) is 64.1 cm³/mol. The van der Waals surface area contributed by atoms with Crippen LogP contribution in [-0.2, 0) is 6.42 Å². The van der Waals surface area contributed by atoms with E-state index in [1.165, 1.54) is 6.07 Å². The molecule has 0 aliphatic heterocycles. The summed E-state index contributed by atoms with van der Waals surface area (Å²) in [4.78, 5) is 10.3. The third kappa shape index (κ3) is 1.96. The van der Waals surface area contributed by atoms with E-state index >= 15 is 0 Å². The van der Waals surface area contributed by atoms with Crippen molar-refractivity contribution in [3.05, 3.63) is 39.4 Å². The van der Waals surface area contributed by atoms with Crippen molar-refractivity contribution < 1.29 is 4.92 Å². The maximum absolute atomic E-state index is 10.7. The molecule has 0 heterocycles. The van der Waals surface area contributed by atoms with Gasteiger partial charge >= 0.3 is 0 Å². The number of nitro groups is 1. The van der Waals surface area contributed by atoms with E-state index in [-0.39, 0.29) is 16.8 Å². The van der Waals surface area contributed by atoms with Gasteiger partial charge in [0.25, 0.3) is 5.69 Å². The second kappa shape index (κ2) is 4.05. The van der Waals surface area contributed by atoms with E-state index in [1.54, 1.807) is 12.1 Å². The van der Waals surface area contributed by atoms with Gasteiger partial charge in [-0.1, -0.05) is 6.07 Å². The zero-order valence-electron chi connectivity index (χ0n) is 8.47. The van der Waals surface area contributed by atoms with Crippen LogP contribution < -0.4 is 11.1 Å². The molecule has 6 heteroatoms. The van der Waals surface area contributed by atoms with Crippen LogP contribution in [-0.4, -0.2) is 10.0 Å². The Morgan fingerprint density at radius 1 is 1.62 bits per heavy atom. The molecule has 1 aromatic carbocycles. The summed E-state index contributed by atoms with van der Waals surface area (Å²) in [5.41, 5.74) is 7.58. The normalized spacial score (nSPS) is 17.9. The average molecular weight is 237 g/mol. The minimum absolute atomic E-state index is 0.00685. The van der Waals surface area contributed by atoms with Crippen molar-refractivity contribution in [3.63, 3.8) is 0 Å². The van der Waals surface area contributed by atoms with Gasteiger partial charge in [0, 0.05) is 12.1 Å². The smallest absolute Gasteiger partial charge is 0.269 e. The van der Waals surface area contributed by atoms with Crippen LogP contribution in [0.5, 0.6) is 0 Å². The summed E-state index contributed by atoms with van der Waals surface area (Å²) in [5.74, 6) is 0. The minimum atomic E-state index is -0.392. The number of nitrogens with two attached hydrogens (primary N) is 1. The quantitative estimate of drug-likeness (QED) is 0.462. The first kappa shape index (κ1) is 10.8. The number of nitro benzene ring substituents is 1. The number of benzene rings is 1. The third-order valence-corrected chi connectivity index (χ3v) is 2.85. The molecule has 1 unspecified atom stereocenters. The lowest BCUT2D eigenvalue weighted by Gasteiger charge is -2.13. The Hall–Kier alpha value is -1.69. The van der Waals surface area contributed by atoms with E-state index in [9.17, 15) is 10.1 Å². The number of hydrogen-bond donors (Lipinski definition) is 2. The Balaban J connectivity index is 2.33. The summed E-state index contributed by atoms with van der Waals surface area (Å²) >= 11 is 4.78. The fourth-order valence-corrected chi connectivity index (χ4v) is 2.17. The first-order valence-corrected chi connectivity index (χ1v) is 5.32. The highest BCUT2D eigenvalue weighted by atomic mass is 32.1. The van der Waals surface area contributed by atoms with Crippen LogP contribution >= 0.6 is 12.2 Å². The summed E-state index contributed by atoms with van der Waals surface area (Å²) in [6.45, 7) is 0. The van der Waals surface area contributed by atoms with Gasteiger partial charge in [-0.15, -0.1) is 0 Å². The molecule has 16 heavy (non-hydrogen) atoms. The maximum Gasteiger partial charge on any atom is 0.269 e. The van der Waals surface area contributed by atoms with Crippen LogP contribution in [0.1, 0.15) is 23.6 Å². The van der Waals surface area contributed by atoms with Gasteiger partial charge < -0.3 is 11.1 Å². The Kier molecular flexibility index (Phi) is 2.74. The first-order chi connectivity index (χ1) is 7.58. The van der Waals surface area contributed by atoms with Crippen molar-refractivity contribution in [3.8, 4) is 0 Å². The van der Waals surface area contributed by atoms with E-state index in [2.05, 4.69) is 5.32 Å². The van der Waals surface area contributed by atoms with Crippen LogP contribution in [0, 0.1) is 10.1 Å². The van der Waals surface area contributed by atoms with Gasteiger partial charge in [0.2, 0.25) is 0 Å². The molecular weight excluding hydrogens is 226 g/mol. The van der Waals surface area contributed by atoms with Gasteiger partial charge in [0.1, 0.15) is 0 Å². The number of hydrogen-bond acceptors (Lipinski definition) is 3. The van der Waals surface area contributed by atoms with Crippen LogP contribution in [0.4, 0.5) is 5.69 Å². The summed E-state index contributed by atoms with van der Waals surface area (Å²) in [6, 6.07) is 4.93. The molecule has 0 fully saturated rings. The number of non-ortho nitro benzene ring substituents is 1. The minimum Gasteiger partial charge on any atom is -0.376 e. The molecule has 0 radical (unpaired) electrons. The van der Waals surface area contributed by atoms with Crippen molar-refractivity contribution in [2.24, 2.45) is 5.73 Å². The second-order valence-electron chi connectivity index (χ2n) is 3.74. The van der Waals surface area contributed by atoms with E-state index in [0.29, 0.717) is 0 Å². The molecule has 1 aliphatic carbocycles. The number of nitrogens with zero attached hydrogens (tertiary/aromatic N) is 1. The monoisotopic (exact) mass is 237 g/mol. The fourth-order valence-electron chi connectivity index (χ4n) is 2.02. The number of aryl methyl sites for hydroxylation is 1. The standard InChI is InChI=1S/C10H11N3O2S/c11-10(16)12-9-4-2-6-1-3-7(13(14)15)5-8(6)9/h1,3,5,9H,2,4H2,(H3,11,12,16). The van der Waals surface area contributed by atoms with Gasteiger partial charge in [0.15, 0.2) is 5.11 Å². The zero-order chi connectivity index (χ0) is 11.7. The Morgan fingerprint density at radius 2 is 2.38 bits per heavy atom. The van der Waals surface area contributed by atoms with Gasteiger partial charge in [0.05, 0.1) is 11.0 Å². The lowest BCUT2D eigenvalue weighted by atomic mass is 10.1. The number of rotatable bonds is 2. The van der Waals surface area contributed by atoms with E-state index in [0.717, 1.165) is 24.0 Å². The SMILES string of the molecule is NC(=S)NC1CCc2ccc([N+](=O)[O-])cc21.